The van der Waals surface area contributed by atoms with Crippen molar-refractivity contribution in [3.05, 3.63) is 59.7 Å². The zero-order valence-corrected chi connectivity index (χ0v) is 22.2. The Morgan fingerprint density at radius 1 is 1.02 bits per heavy atom. The number of hydrogen-bond donors (Lipinski definition) is 7. The molecule has 0 spiro atoms. The van der Waals surface area contributed by atoms with E-state index in [0.717, 1.165) is 17.7 Å². The molecule has 0 aromatic heterocycles. The van der Waals surface area contributed by atoms with Gasteiger partial charge in [0.15, 0.2) is 0 Å². The van der Waals surface area contributed by atoms with Gasteiger partial charge in [0.05, 0.1) is 18.2 Å². The maximum absolute atomic E-state index is 12.1. The molecule has 0 aliphatic carbocycles. The minimum atomic E-state index is -4.21. The van der Waals surface area contributed by atoms with Crippen molar-refractivity contribution >= 4 is 36.0 Å². The molecule has 2 rings (SSSR count). The zero-order chi connectivity index (χ0) is 30.3. The molecule has 1 atom stereocenters. The minimum absolute atomic E-state index is 0.0665. The molecule has 11 nitrogen and oxygen atoms in total. The molecule has 0 radical (unpaired) electrons. The topological polar surface area (TPSA) is 197 Å². The Morgan fingerprint density at radius 3 is 2.15 bits per heavy atom. The van der Waals surface area contributed by atoms with Crippen LogP contribution in [0.4, 0.5) is 18.9 Å². The maximum atomic E-state index is 12.1. The Balaban J connectivity index is 0.000000603. The molecule has 0 saturated carbocycles. The summed E-state index contributed by atoms with van der Waals surface area (Å²) >= 11 is 0. The third-order valence-electron chi connectivity index (χ3n) is 5.43. The number of carbonyl (C=O) groups is 3. The van der Waals surface area contributed by atoms with Gasteiger partial charge in [0.25, 0.3) is 0 Å². The van der Waals surface area contributed by atoms with Gasteiger partial charge in [-0.15, -0.1) is 0 Å². The lowest BCUT2D eigenvalue weighted by molar-refractivity contribution is -0.137. The Morgan fingerprint density at radius 2 is 1.62 bits per heavy atom. The summed E-state index contributed by atoms with van der Waals surface area (Å²) in [7, 11) is -1.65. The highest BCUT2D eigenvalue weighted by Crippen LogP contribution is 2.28. The van der Waals surface area contributed by atoms with E-state index in [1.807, 2.05) is 0 Å². The van der Waals surface area contributed by atoms with E-state index in [4.69, 9.17) is 27.2 Å². The number of alkyl halides is 3. The molecular weight excluding hydrogens is 532 g/mol. The van der Waals surface area contributed by atoms with E-state index in [-0.39, 0.29) is 30.8 Å². The summed E-state index contributed by atoms with van der Waals surface area (Å²) in [5, 5.41) is 23.2. The highest BCUT2D eigenvalue weighted by atomic mass is 19.4. The van der Waals surface area contributed by atoms with Crippen molar-refractivity contribution in [2.75, 3.05) is 38.0 Å². The van der Waals surface area contributed by atoms with Crippen LogP contribution in [0.25, 0.3) is 0 Å². The number of amides is 3. The SMILES string of the molecule is Cc1ccc(C(F)(F)F)cc1.NCCN(CCN)C(=O)CCC(N)C(=O)NCC(=O)Nc1cccc(B(O)O)c1. The van der Waals surface area contributed by atoms with Crippen molar-refractivity contribution in [3.8, 4) is 0 Å². The molecule has 0 bridgehead atoms. The van der Waals surface area contributed by atoms with Crippen molar-refractivity contribution in [2.24, 2.45) is 17.2 Å². The van der Waals surface area contributed by atoms with E-state index in [0.29, 0.717) is 31.9 Å². The average Bonchev–Trinajstić information content (AvgIpc) is 2.90. The van der Waals surface area contributed by atoms with Gasteiger partial charge in [0, 0.05) is 38.3 Å². The number of aryl methyl sites for hydroxylation is 1. The predicted octanol–water partition coefficient (Wildman–Crippen LogP) is -0.712. The molecule has 3 amide bonds. The van der Waals surface area contributed by atoms with Gasteiger partial charge >= 0.3 is 13.3 Å². The van der Waals surface area contributed by atoms with Gasteiger partial charge < -0.3 is 42.8 Å². The fourth-order valence-electron chi connectivity index (χ4n) is 3.26. The quantitative estimate of drug-likeness (QED) is 0.163. The van der Waals surface area contributed by atoms with Gasteiger partial charge in [0.2, 0.25) is 17.7 Å². The average molecular weight is 568 g/mol. The second-order valence-electron chi connectivity index (χ2n) is 8.73. The van der Waals surface area contributed by atoms with E-state index in [2.05, 4.69) is 10.6 Å². The monoisotopic (exact) mass is 568 g/mol. The summed E-state index contributed by atoms with van der Waals surface area (Å²) in [5.41, 5.74) is 17.5. The molecule has 0 heterocycles. The lowest BCUT2D eigenvalue weighted by Gasteiger charge is -2.22. The second-order valence-corrected chi connectivity index (χ2v) is 8.73. The second kappa shape index (κ2) is 17.2. The third kappa shape index (κ3) is 13.0. The van der Waals surface area contributed by atoms with E-state index in [1.165, 1.54) is 29.2 Å². The first-order valence-corrected chi connectivity index (χ1v) is 12.4. The highest BCUT2D eigenvalue weighted by Gasteiger charge is 2.29. The van der Waals surface area contributed by atoms with Crippen LogP contribution in [0.1, 0.15) is 24.0 Å². The molecule has 0 fully saturated rings. The number of carbonyl (C=O) groups excluding carboxylic acids is 3. The van der Waals surface area contributed by atoms with Crippen LogP contribution in [0, 0.1) is 6.92 Å². The number of anilines is 1. The van der Waals surface area contributed by atoms with Gasteiger partial charge in [-0.3, -0.25) is 14.4 Å². The first-order valence-electron chi connectivity index (χ1n) is 12.4. The van der Waals surface area contributed by atoms with Gasteiger partial charge in [-0.2, -0.15) is 13.2 Å². The highest BCUT2D eigenvalue weighted by molar-refractivity contribution is 6.58. The van der Waals surface area contributed by atoms with Crippen LogP contribution < -0.4 is 33.3 Å². The summed E-state index contributed by atoms with van der Waals surface area (Å²) in [4.78, 5) is 37.6. The summed E-state index contributed by atoms with van der Waals surface area (Å²) in [6, 6.07) is 10.1. The van der Waals surface area contributed by atoms with Crippen LogP contribution in [0.5, 0.6) is 0 Å². The molecule has 10 N–H and O–H groups in total. The van der Waals surface area contributed by atoms with E-state index in [9.17, 15) is 27.6 Å². The number of benzene rings is 2. The van der Waals surface area contributed by atoms with Crippen LogP contribution in [0.15, 0.2) is 48.5 Å². The fourth-order valence-corrected chi connectivity index (χ4v) is 3.26. The Hall–Kier alpha value is -3.50. The number of hydrogen-bond acceptors (Lipinski definition) is 8. The number of rotatable bonds is 12. The van der Waals surface area contributed by atoms with Crippen molar-refractivity contribution in [3.63, 3.8) is 0 Å². The predicted molar refractivity (Wildman–Crippen MR) is 146 cm³/mol. The van der Waals surface area contributed by atoms with Crippen molar-refractivity contribution in [1.29, 1.82) is 0 Å². The zero-order valence-electron chi connectivity index (χ0n) is 22.2. The van der Waals surface area contributed by atoms with Crippen LogP contribution in [-0.4, -0.2) is 78.6 Å². The first kappa shape index (κ1) is 34.5. The van der Waals surface area contributed by atoms with Crippen molar-refractivity contribution in [2.45, 2.75) is 32.0 Å². The normalized spacial score (nSPS) is 11.5. The summed E-state index contributed by atoms with van der Waals surface area (Å²) in [6.45, 7) is 2.82. The van der Waals surface area contributed by atoms with Crippen LogP contribution in [-0.2, 0) is 20.6 Å². The van der Waals surface area contributed by atoms with Gasteiger partial charge in [0.1, 0.15) is 0 Å². The molecular formula is C25H36BF3N6O5. The summed E-state index contributed by atoms with van der Waals surface area (Å²) in [5.74, 6) is -1.26. The van der Waals surface area contributed by atoms with E-state index < -0.39 is 36.7 Å². The molecule has 40 heavy (non-hydrogen) atoms. The molecule has 0 aliphatic heterocycles. The molecule has 2 aromatic rings. The van der Waals surface area contributed by atoms with E-state index in [1.54, 1.807) is 19.1 Å². The standard InChI is InChI=1S/C17H29BN6O5.C8H7F3/c19-6-8-24(9-7-20)16(26)5-4-14(21)17(27)22-11-15(25)23-13-3-1-2-12(10-13)18(28)29;1-6-2-4-7(5-3-6)8(9,10)11/h1-3,10,14,28-29H,4-9,11,19-21H2,(H,22,27)(H,23,25);2-5H,1H3. The van der Waals surface area contributed by atoms with Crippen LogP contribution in [0.2, 0.25) is 0 Å². The Kier molecular flexibility index (Phi) is 14.9. The molecule has 0 saturated heterocycles. The summed E-state index contributed by atoms with van der Waals surface area (Å²) < 4.78 is 35.8. The molecule has 1 unspecified atom stereocenters. The number of nitrogens with two attached hydrogens (primary N) is 3. The molecule has 0 aliphatic rings. The maximum Gasteiger partial charge on any atom is 0.488 e. The van der Waals surface area contributed by atoms with Crippen molar-refractivity contribution < 1.29 is 37.6 Å². The van der Waals surface area contributed by atoms with Gasteiger partial charge in [-0.1, -0.05) is 29.8 Å². The molecule has 220 valence electrons. The third-order valence-corrected chi connectivity index (χ3v) is 5.43. The van der Waals surface area contributed by atoms with E-state index >= 15 is 0 Å². The lowest BCUT2D eigenvalue weighted by atomic mass is 9.80. The van der Waals surface area contributed by atoms with Gasteiger partial charge in [-0.05, 0) is 43.1 Å². The van der Waals surface area contributed by atoms with Crippen LogP contribution in [0.3, 0.4) is 0 Å². The lowest BCUT2D eigenvalue weighted by Crippen LogP contribution is -2.45. The smallest absolute Gasteiger partial charge is 0.423 e. The Labute approximate surface area is 231 Å². The largest absolute Gasteiger partial charge is 0.488 e. The summed E-state index contributed by atoms with van der Waals surface area (Å²) in [6.07, 6.45) is -4.03. The number of nitrogens with zero attached hydrogens (tertiary/aromatic N) is 1. The van der Waals surface area contributed by atoms with Crippen LogP contribution >= 0.6 is 0 Å². The van der Waals surface area contributed by atoms with Gasteiger partial charge in [-0.25, -0.2) is 0 Å². The number of halogens is 3. The Bertz CT molecular complexity index is 1080. The minimum Gasteiger partial charge on any atom is -0.423 e. The fraction of sp³-hybridized carbons (Fsp3) is 0.400. The number of nitrogens with one attached hydrogen (secondary N) is 2. The molecule has 2 aromatic carbocycles. The molecule has 15 heteroatoms. The first-order chi connectivity index (χ1) is 18.8. The van der Waals surface area contributed by atoms with Crippen molar-refractivity contribution in [1.82, 2.24) is 10.2 Å².